The van der Waals surface area contributed by atoms with Gasteiger partial charge in [0.05, 0.1) is 10.9 Å². The minimum atomic E-state index is -0.789. The molecule has 1 aromatic heterocycles. The van der Waals surface area contributed by atoms with Gasteiger partial charge < -0.3 is 9.88 Å². The van der Waals surface area contributed by atoms with E-state index in [1.54, 1.807) is 6.92 Å². The molecule has 0 spiro atoms. The number of hydrogen-bond acceptors (Lipinski definition) is 4. The summed E-state index contributed by atoms with van der Waals surface area (Å²) in [6, 6.07) is 3.52. The number of aromatic nitrogens is 3. The molecule has 2 fully saturated rings. The SMILES string of the molecule is C[C@@H](Sc1nnc(C2CC2)n1C1CC1)C(=O)Nc1ccc(F)cc1F. The van der Waals surface area contributed by atoms with Gasteiger partial charge in [-0.05, 0) is 44.7 Å². The Morgan fingerprint density at radius 3 is 2.68 bits per heavy atom. The van der Waals surface area contributed by atoms with Gasteiger partial charge >= 0.3 is 0 Å². The number of nitrogens with zero attached hydrogens (tertiary/aromatic N) is 3. The molecule has 8 heteroatoms. The zero-order valence-electron chi connectivity index (χ0n) is 13.7. The van der Waals surface area contributed by atoms with Crippen LogP contribution in [-0.4, -0.2) is 25.9 Å². The molecule has 0 radical (unpaired) electrons. The van der Waals surface area contributed by atoms with E-state index < -0.39 is 16.9 Å². The van der Waals surface area contributed by atoms with Crippen LogP contribution < -0.4 is 5.32 Å². The highest BCUT2D eigenvalue weighted by atomic mass is 32.2. The van der Waals surface area contributed by atoms with Crippen molar-refractivity contribution in [1.29, 1.82) is 0 Å². The summed E-state index contributed by atoms with van der Waals surface area (Å²) in [6.07, 6.45) is 4.53. The smallest absolute Gasteiger partial charge is 0.237 e. The number of hydrogen-bond donors (Lipinski definition) is 1. The van der Waals surface area contributed by atoms with Crippen LogP contribution in [-0.2, 0) is 4.79 Å². The van der Waals surface area contributed by atoms with E-state index in [0.29, 0.717) is 12.0 Å². The molecule has 0 saturated heterocycles. The third kappa shape index (κ3) is 3.53. The largest absolute Gasteiger partial charge is 0.323 e. The molecule has 25 heavy (non-hydrogen) atoms. The summed E-state index contributed by atoms with van der Waals surface area (Å²) in [7, 11) is 0. The van der Waals surface area contributed by atoms with Gasteiger partial charge in [0.1, 0.15) is 17.5 Å². The molecule has 132 valence electrons. The molecule has 1 heterocycles. The fourth-order valence-electron chi connectivity index (χ4n) is 2.70. The van der Waals surface area contributed by atoms with Gasteiger partial charge in [-0.25, -0.2) is 8.78 Å². The second-order valence-electron chi connectivity index (χ2n) is 6.59. The Kier molecular flexibility index (Phi) is 4.23. The fraction of sp³-hybridized carbons (Fsp3) is 0.471. The number of nitrogens with one attached hydrogen (secondary N) is 1. The highest BCUT2D eigenvalue weighted by molar-refractivity contribution is 8.00. The van der Waals surface area contributed by atoms with Crippen LogP contribution in [0.15, 0.2) is 23.4 Å². The maximum absolute atomic E-state index is 13.7. The van der Waals surface area contributed by atoms with E-state index in [2.05, 4.69) is 20.1 Å². The summed E-state index contributed by atoms with van der Waals surface area (Å²) in [5.74, 6) is -0.290. The number of rotatable bonds is 6. The lowest BCUT2D eigenvalue weighted by molar-refractivity contribution is -0.115. The number of carbonyl (C=O) groups excluding carboxylic acids is 1. The molecular weight excluding hydrogens is 346 g/mol. The number of halogens is 2. The van der Waals surface area contributed by atoms with Crippen molar-refractivity contribution in [1.82, 2.24) is 14.8 Å². The summed E-state index contributed by atoms with van der Waals surface area (Å²) in [5, 5.41) is 11.4. The van der Waals surface area contributed by atoms with E-state index >= 15 is 0 Å². The standard InChI is InChI=1S/C17H18F2N4OS/c1-9(16(24)20-14-7-4-11(18)8-13(14)19)25-17-22-21-15(10-2-3-10)23(17)12-5-6-12/h4,7-10,12H,2-3,5-6H2,1H3,(H,20,24)/t9-/m1/s1. The summed E-state index contributed by atoms with van der Waals surface area (Å²) in [4.78, 5) is 12.4. The normalized spacial score (nSPS) is 18.2. The van der Waals surface area contributed by atoms with E-state index in [9.17, 15) is 13.6 Å². The zero-order chi connectivity index (χ0) is 17.6. The van der Waals surface area contributed by atoms with Gasteiger partial charge in [-0.1, -0.05) is 11.8 Å². The lowest BCUT2D eigenvalue weighted by Gasteiger charge is -2.13. The maximum atomic E-state index is 13.7. The Morgan fingerprint density at radius 1 is 1.28 bits per heavy atom. The van der Waals surface area contributed by atoms with E-state index in [0.717, 1.165) is 48.8 Å². The van der Waals surface area contributed by atoms with Crippen molar-refractivity contribution >= 4 is 23.4 Å². The van der Waals surface area contributed by atoms with Gasteiger partial charge in [0.25, 0.3) is 0 Å². The highest BCUT2D eigenvalue weighted by Crippen LogP contribution is 2.46. The van der Waals surface area contributed by atoms with Crippen LogP contribution in [0.3, 0.4) is 0 Å². The molecule has 0 aliphatic heterocycles. The maximum Gasteiger partial charge on any atom is 0.237 e. The average molecular weight is 364 g/mol. The van der Waals surface area contributed by atoms with Gasteiger partial charge in [0.15, 0.2) is 5.16 Å². The Labute approximate surface area is 148 Å². The number of carbonyl (C=O) groups is 1. The molecule has 0 unspecified atom stereocenters. The lowest BCUT2D eigenvalue weighted by Crippen LogP contribution is -2.23. The molecular formula is C17H18F2N4OS. The van der Waals surface area contributed by atoms with Crippen LogP contribution >= 0.6 is 11.8 Å². The Bertz CT molecular complexity index is 817. The molecule has 1 aromatic carbocycles. The fourth-order valence-corrected chi connectivity index (χ4v) is 3.63. The molecule has 2 aromatic rings. The van der Waals surface area contributed by atoms with Crippen molar-refractivity contribution in [2.24, 2.45) is 0 Å². The van der Waals surface area contributed by atoms with Crippen molar-refractivity contribution in [3.8, 4) is 0 Å². The Morgan fingerprint density at radius 2 is 2.04 bits per heavy atom. The topological polar surface area (TPSA) is 59.8 Å². The quantitative estimate of drug-likeness (QED) is 0.790. The van der Waals surface area contributed by atoms with Gasteiger partial charge in [-0.2, -0.15) is 0 Å². The van der Waals surface area contributed by atoms with Crippen molar-refractivity contribution in [2.45, 2.75) is 55.0 Å². The number of amides is 1. The number of anilines is 1. The second kappa shape index (κ2) is 6.40. The molecule has 1 N–H and O–H groups in total. The minimum absolute atomic E-state index is 0.0267. The Balaban J connectivity index is 1.46. The third-order valence-corrected chi connectivity index (χ3v) is 5.44. The van der Waals surface area contributed by atoms with Crippen LogP contribution in [0.1, 0.15) is 50.4 Å². The van der Waals surface area contributed by atoms with Crippen LogP contribution in [0.5, 0.6) is 0 Å². The summed E-state index contributed by atoms with van der Waals surface area (Å²) < 4.78 is 28.8. The first kappa shape index (κ1) is 16.5. The van der Waals surface area contributed by atoms with Gasteiger partial charge in [-0.3, -0.25) is 4.79 Å². The van der Waals surface area contributed by atoms with Gasteiger partial charge in [0.2, 0.25) is 5.91 Å². The van der Waals surface area contributed by atoms with E-state index in [1.807, 2.05) is 0 Å². The molecule has 1 amide bonds. The van der Waals surface area contributed by atoms with E-state index in [1.165, 1.54) is 17.8 Å². The minimum Gasteiger partial charge on any atom is -0.323 e. The zero-order valence-corrected chi connectivity index (χ0v) is 14.5. The van der Waals surface area contributed by atoms with E-state index in [4.69, 9.17) is 0 Å². The lowest BCUT2D eigenvalue weighted by atomic mass is 10.3. The molecule has 1 atom stereocenters. The predicted molar refractivity (Wildman–Crippen MR) is 90.6 cm³/mol. The molecule has 2 aliphatic rings. The Hall–Kier alpha value is -1.96. The average Bonchev–Trinajstić information content (AvgIpc) is 3.49. The molecule has 4 rings (SSSR count). The molecule has 5 nitrogen and oxygen atoms in total. The number of benzene rings is 1. The van der Waals surface area contributed by atoms with Crippen molar-refractivity contribution in [2.75, 3.05) is 5.32 Å². The van der Waals surface area contributed by atoms with E-state index in [-0.39, 0.29) is 11.6 Å². The predicted octanol–water partition coefficient (Wildman–Crippen LogP) is 3.89. The molecule has 2 aliphatic carbocycles. The monoisotopic (exact) mass is 364 g/mol. The second-order valence-corrected chi connectivity index (χ2v) is 7.90. The van der Waals surface area contributed by atoms with Gasteiger partial charge in [-0.15, -0.1) is 10.2 Å². The van der Waals surface area contributed by atoms with Crippen molar-refractivity contribution in [3.63, 3.8) is 0 Å². The summed E-state index contributed by atoms with van der Waals surface area (Å²) in [5.41, 5.74) is -0.0267. The van der Waals surface area contributed by atoms with Crippen molar-refractivity contribution < 1.29 is 13.6 Å². The first-order chi connectivity index (χ1) is 12.0. The highest BCUT2D eigenvalue weighted by Gasteiger charge is 2.37. The third-order valence-electron chi connectivity index (χ3n) is 4.39. The molecule has 0 bridgehead atoms. The van der Waals surface area contributed by atoms with Crippen molar-refractivity contribution in [3.05, 3.63) is 35.7 Å². The van der Waals surface area contributed by atoms with Crippen LogP contribution in [0, 0.1) is 11.6 Å². The van der Waals surface area contributed by atoms with Crippen LogP contribution in [0.25, 0.3) is 0 Å². The van der Waals surface area contributed by atoms with Crippen LogP contribution in [0.2, 0.25) is 0 Å². The van der Waals surface area contributed by atoms with Crippen LogP contribution in [0.4, 0.5) is 14.5 Å². The first-order valence-electron chi connectivity index (χ1n) is 8.40. The van der Waals surface area contributed by atoms with Gasteiger partial charge in [0, 0.05) is 18.0 Å². The number of thioether (sulfide) groups is 1. The summed E-state index contributed by atoms with van der Waals surface area (Å²) in [6.45, 7) is 1.74. The molecule has 2 saturated carbocycles. The first-order valence-corrected chi connectivity index (χ1v) is 9.28. The summed E-state index contributed by atoms with van der Waals surface area (Å²) >= 11 is 1.32.